The van der Waals surface area contributed by atoms with Gasteiger partial charge in [0.15, 0.2) is 0 Å². The molecule has 0 radical (unpaired) electrons. The first-order valence-corrected chi connectivity index (χ1v) is 7.12. The monoisotopic (exact) mass is 368 g/mol. The van der Waals surface area contributed by atoms with Crippen LogP contribution in [0.1, 0.15) is 11.1 Å². The van der Waals surface area contributed by atoms with Gasteiger partial charge in [-0.3, -0.25) is 15.1 Å². The van der Waals surface area contributed by atoms with Crippen LogP contribution >= 0.6 is 15.9 Å². The van der Waals surface area contributed by atoms with Gasteiger partial charge < -0.3 is 9.84 Å². The Morgan fingerprint density at radius 1 is 1.55 bits per heavy atom. The van der Waals surface area contributed by atoms with E-state index in [1.54, 1.807) is 18.3 Å². The third-order valence-corrected chi connectivity index (χ3v) is 4.15. The lowest BCUT2D eigenvalue weighted by Crippen LogP contribution is -2.39. The first kappa shape index (κ1) is 14.9. The molecular weight excluding hydrogens is 359 g/mol. The Balaban J connectivity index is 2.14. The highest BCUT2D eigenvalue weighted by atomic mass is 79.9. The Bertz CT molecular complexity index is 756. The van der Waals surface area contributed by atoms with Crippen molar-refractivity contribution in [3.63, 3.8) is 0 Å². The number of halogens is 2. The predicted molar refractivity (Wildman–Crippen MR) is 78.1 cm³/mol. The van der Waals surface area contributed by atoms with Gasteiger partial charge in [0.1, 0.15) is 18.0 Å². The van der Waals surface area contributed by atoms with Crippen LogP contribution in [0.2, 0.25) is 0 Å². The van der Waals surface area contributed by atoms with E-state index < -0.39 is 22.0 Å². The van der Waals surface area contributed by atoms with Crippen molar-refractivity contribution in [2.24, 2.45) is 0 Å². The molecule has 2 aromatic rings. The van der Waals surface area contributed by atoms with E-state index in [2.05, 4.69) is 20.9 Å². The number of nitro groups is 1. The van der Waals surface area contributed by atoms with Crippen LogP contribution in [0.15, 0.2) is 35.1 Å². The molecule has 1 aromatic carbocycles. The van der Waals surface area contributed by atoms with Gasteiger partial charge in [0, 0.05) is 24.4 Å². The SMILES string of the molecule is O=[N+]([O-])c1c(F)cc(Br)c2c1CC(O)(c1cccnc1)CO2. The summed E-state index contributed by atoms with van der Waals surface area (Å²) in [4.78, 5) is 14.3. The smallest absolute Gasteiger partial charge is 0.311 e. The molecule has 0 saturated heterocycles. The number of hydrogen-bond acceptors (Lipinski definition) is 5. The minimum atomic E-state index is -1.50. The van der Waals surface area contributed by atoms with Crippen molar-refractivity contribution >= 4 is 21.6 Å². The van der Waals surface area contributed by atoms with Gasteiger partial charge in [-0.25, -0.2) is 0 Å². The number of benzene rings is 1. The molecule has 3 rings (SSSR count). The summed E-state index contributed by atoms with van der Waals surface area (Å²) in [7, 11) is 0. The van der Waals surface area contributed by atoms with Gasteiger partial charge in [-0.15, -0.1) is 0 Å². The van der Waals surface area contributed by atoms with Crippen LogP contribution in [-0.4, -0.2) is 21.6 Å². The van der Waals surface area contributed by atoms with Crippen LogP contribution in [0.4, 0.5) is 10.1 Å². The summed E-state index contributed by atoms with van der Waals surface area (Å²) in [5.41, 5.74) is -1.70. The predicted octanol–water partition coefficient (Wildman–Crippen LogP) is 2.71. The van der Waals surface area contributed by atoms with Crippen molar-refractivity contribution < 1.29 is 19.2 Å². The van der Waals surface area contributed by atoms with Crippen LogP contribution in [0.5, 0.6) is 5.75 Å². The second kappa shape index (κ2) is 5.29. The van der Waals surface area contributed by atoms with E-state index in [0.717, 1.165) is 6.07 Å². The molecule has 1 N–H and O–H groups in total. The van der Waals surface area contributed by atoms with Gasteiger partial charge in [0.2, 0.25) is 5.82 Å². The fourth-order valence-corrected chi connectivity index (χ4v) is 3.07. The molecule has 0 aliphatic carbocycles. The van der Waals surface area contributed by atoms with Gasteiger partial charge in [-0.2, -0.15) is 4.39 Å². The average molecular weight is 369 g/mol. The van der Waals surface area contributed by atoms with Crippen LogP contribution in [0, 0.1) is 15.9 Å². The van der Waals surface area contributed by atoms with Crippen molar-refractivity contribution in [2.45, 2.75) is 12.0 Å². The zero-order chi connectivity index (χ0) is 15.9. The van der Waals surface area contributed by atoms with Gasteiger partial charge in [-0.1, -0.05) is 6.07 Å². The van der Waals surface area contributed by atoms with Crippen molar-refractivity contribution in [2.75, 3.05) is 6.61 Å². The molecule has 1 aliphatic heterocycles. The largest absolute Gasteiger partial charge is 0.488 e. The van der Waals surface area contributed by atoms with Crippen LogP contribution in [-0.2, 0) is 12.0 Å². The van der Waals surface area contributed by atoms with Gasteiger partial charge in [0.05, 0.1) is 15.0 Å². The summed E-state index contributed by atoms with van der Waals surface area (Å²) >= 11 is 3.13. The minimum absolute atomic E-state index is 0.0227. The molecule has 0 fully saturated rings. The van der Waals surface area contributed by atoms with Crippen molar-refractivity contribution in [1.29, 1.82) is 0 Å². The van der Waals surface area contributed by atoms with Crippen molar-refractivity contribution in [3.05, 3.63) is 62.1 Å². The van der Waals surface area contributed by atoms with E-state index in [-0.39, 0.29) is 28.8 Å². The average Bonchev–Trinajstić information content (AvgIpc) is 2.47. The van der Waals surface area contributed by atoms with Crippen LogP contribution in [0.3, 0.4) is 0 Å². The lowest BCUT2D eigenvalue weighted by Gasteiger charge is -2.33. The number of fused-ring (bicyclic) bond motifs is 1. The summed E-state index contributed by atoms with van der Waals surface area (Å²) < 4.78 is 19.7. The summed E-state index contributed by atoms with van der Waals surface area (Å²) in [6.07, 6.45) is 2.86. The Hall–Kier alpha value is -2.06. The highest BCUT2D eigenvalue weighted by Gasteiger charge is 2.41. The lowest BCUT2D eigenvalue weighted by molar-refractivity contribution is -0.388. The highest BCUT2D eigenvalue weighted by Crippen LogP contribution is 2.44. The Kier molecular flexibility index (Phi) is 3.57. The Morgan fingerprint density at radius 3 is 2.95 bits per heavy atom. The fraction of sp³-hybridized carbons (Fsp3) is 0.214. The molecular formula is C14H10BrFN2O4. The summed E-state index contributed by atoms with van der Waals surface area (Å²) in [6, 6.07) is 4.27. The molecule has 1 aromatic heterocycles. The standard InChI is InChI=1S/C14H10BrFN2O4/c15-10-4-11(16)12(18(20)21)9-5-14(19,7-22-13(9)10)8-2-1-3-17-6-8/h1-4,6,19H,5,7H2. The quantitative estimate of drug-likeness (QED) is 0.650. The number of aromatic nitrogens is 1. The number of hydrogen-bond donors (Lipinski definition) is 1. The zero-order valence-electron chi connectivity index (χ0n) is 11.1. The topological polar surface area (TPSA) is 85.5 Å². The summed E-state index contributed by atoms with van der Waals surface area (Å²) in [6.45, 7) is -0.104. The van der Waals surface area contributed by atoms with E-state index in [1.165, 1.54) is 6.20 Å². The molecule has 0 spiro atoms. The first-order chi connectivity index (χ1) is 10.4. The molecule has 0 amide bonds. The molecule has 8 heteroatoms. The number of rotatable bonds is 2. The van der Waals surface area contributed by atoms with Gasteiger partial charge in [0.25, 0.3) is 0 Å². The van der Waals surface area contributed by atoms with Crippen LogP contribution in [0.25, 0.3) is 0 Å². The molecule has 1 aliphatic rings. The van der Waals surface area contributed by atoms with E-state index >= 15 is 0 Å². The lowest BCUT2D eigenvalue weighted by atomic mass is 9.86. The molecule has 1 unspecified atom stereocenters. The summed E-state index contributed by atoms with van der Waals surface area (Å²) in [5, 5.41) is 21.9. The first-order valence-electron chi connectivity index (χ1n) is 6.33. The van der Waals surface area contributed by atoms with E-state index in [1.807, 2.05) is 0 Å². The summed E-state index contributed by atoms with van der Waals surface area (Å²) in [5.74, 6) is -0.795. The van der Waals surface area contributed by atoms with E-state index in [4.69, 9.17) is 4.74 Å². The van der Waals surface area contributed by atoms with E-state index in [0.29, 0.717) is 5.56 Å². The molecule has 114 valence electrons. The third-order valence-electron chi connectivity index (χ3n) is 3.56. The van der Waals surface area contributed by atoms with Crippen molar-refractivity contribution in [1.82, 2.24) is 4.98 Å². The second-order valence-corrected chi connectivity index (χ2v) is 5.85. The molecule has 0 bridgehead atoms. The third kappa shape index (κ3) is 2.34. The number of aliphatic hydroxyl groups is 1. The highest BCUT2D eigenvalue weighted by molar-refractivity contribution is 9.10. The maximum absolute atomic E-state index is 13.9. The molecule has 22 heavy (non-hydrogen) atoms. The Labute approximate surface area is 132 Å². The van der Waals surface area contributed by atoms with Crippen molar-refractivity contribution in [3.8, 4) is 5.75 Å². The maximum Gasteiger partial charge on any atom is 0.311 e. The Morgan fingerprint density at radius 2 is 2.32 bits per heavy atom. The molecule has 2 heterocycles. The van der Waals surface area contributed by atoms with Crippen LogP contribution < -0.4 is 4.74 Å². The number of ether oxygens (including phenoxy) is 1. The van der Waals surface area contributed by atoms with Gasteiger partial charge >= 0.3 is 5.69 Å². The molecule has 1 atom stereocenters. The minimum Gasteiger partial charge on any atom is -0.488 e. The number of nitrogens with zero attached hydrogens (tertiary/aromatic N) is 2. The number of pyridine rings is 1. The number of nitro benzene ring substituents is 1. The van der Waals surface area contributed by atoms with Gasteiger partial charge in [-0.05, 0) is 28.1 Å². The van der Waals surface area contributed by atoms with E-state index in [9.17, 15) is 19.6 Å². The second-order valence-electron chi connectivity index (χ2n) is 4.99. The maximum atomic E-state index is 13.9. The zero-order valence-corrected chi connectivity index (χ0v) is 12.7. The fourth-order valence-electron chi connectivity index (χ4n) is 2.52. The molecule has 0 saturated carbocycles. The molecule has 6 nitrogen and oxygen atoms in total. The normalized spacial score (nSPS) is 20.1.